The maximum absolute atomic E-state index is 12.5. The molecule has 146 valence electrons. The van der Waals surface area contributed by atoms with Crippen molar-refractivity contribution in [2.45, 2.75) is 53.1 Å². The Balaban J connectivity index is 1.79. The highest BCUT2D eigenvalue weighted by molar-refractivity contribution is 5.41. The first-order valence-corrected chi connectivity index (χ1v) is 9.74. The molecule has 1 aromatic carbocycles. The minimum atomic E-state index is -0.00914. The lowest BCUT2D eigenvalue weighted by Crippen LogP contribution is -2.36. The minimum Gasteiger partial charge on any atom is -0.494 e. The van der Waals surface area contributed by atoms with E-state index in [1.54, 1.807) is 0 Å². The van der Waals surface area contributed by atoms with Crippen molar-refractivity contribution in [1.82, 2.24) is 14.9 Å². The molecule has 0 atom stereocenters. The normalized spacial score (nSPS) is 14.3. The highest BCUT2D eigenvalue weighted by Gasteiger charge is 2.22. The molecule has 0 amide bonds. The van der Waals surface area contributed by atoms with E-state index in [9.17, 15) is 4.79 Å². The van der Waals surface area contributed by atoms with Gasteiger partial charge in [-0.25, -0.2) is 4.98 Å². The van der Waals surface area contributed by atoms with E-state index in [0.717, 1.165) is 53.7 Å². The summed E-state index contributed by atoms with van der Waals surface area (Å²) in [6.45, 7) is 11.5. The van der Waals surface area contributed by atoms with Crippen molar-refractivity contribution >= 4 is 0 Å². The predicted octanol–water partition coefficient (Wildman–Crippen LogP) is 3.25. The van der Waals surface area contributed by atoms with Crippen molar-refractivity contribution in [3.05, 3.63) is 51.2 Å². The average Bonchev–Trinajstić information content (AvgIpc) is 2.64. The molecule has 0 radical (unpaired) electrons. The Kier molecular flexibility index (Phi) is 6.16. The zero-order valence-electron chi connectivity index (χ0n) is 16.7. The van der Waals surface area contributed by atoms with E-state index in [2.05, 4.69) is 20.9 Å². The van der Waals surface area contributed by atoms with Crippen LogP contribution in [0.5, 0.6) is 11.5 Å². The molecule has 1 aromatic heterocycles. The molecule has 1 N–H and O–H groups in total. The van der Waals surface area contributed by atoms with Crippen molar-refractivity contribution in [3.63, 3.8) is 0 Å². The quantitative estimate of drug-likeness (QED) is 0.809. The number of aromatic nitrogens is 2. The van der Waals surface area contributed by atoms with Gasteiger partial charge >= 0.3 is 0 Å². The molecule has 1 aliphatic heterocycles. The molecular weight excluding hydrogens is 342 g/mol. The van der Waals surface area contributed by atoms with Crippen molar-refractivity contribution in [2.75, 3.05) is 19.8 Å². The lowest BCUT2D eigenvalue weighted by molar-refractivity contribution is 0.235. The molecule has 0 aliphatic carbocycles. The topological polar surface area (TPSA) is 67.5 Å². The number of aromatic amines is 1. The van der Waals surface area contributed by atoms with Crippen LogP contribution in [-0.2, 0) is 19.5 Å². The van der Waals surface area contributed by atoms with Gasteiger partial charge in [-0.3, -0.25) is 9.69 Å². The largest absolute Gasteiger partial charge is 0.494 e. The monoisotopic (exact) mass is 371 g/mol. The second-order valence-corrected chi connectivity index (χ2v) is 7.13. The lowest BCUT2D eigenvalue weighted by Gasteiger charge is -2.28. The molecule has 2 aromatic rings. The number of ether oxygens (including phenoxy) is 2. The third-order valence-electron chi connectivity index (χ3n) is 4.76. The van der Waals surface area contributed by atoms with Gasteiger partial charge in [0.1, 0.15) is 17.3 Å². The molecule has 1 aliphatic rings. The number of hydrogen-bond donors (Lipinski definition) is 1. The van der Waals surface area contributed by atoms with Gasteiger partial charge in [-0.15, -0.1) is 0 Å². The summed E-state index contributed by atoms with van der Waals surface area (Å²) in [7, 11) is 0. The van der Waals surface area contributed by atoms with E-state index < -0.39 is 0 Å². The van der Waals surface area contributed by atoms with Crippen LogP contribution in [0.25, 0.3) is 0 Å². The molecule has 0 saturated heterocycles. The Morgan fingerprint density at radius 1 is 1.22 bits per heavy atom. The molecule has 0 fully saturated rings. The van der Waals surface area contributed by atoms with Gasteiger partial charge in [0.15, 0.2) is 0 Å². The van der Waals surface area contributed by atoms with Gasteiger partial charge in [-0.1, -0.05) is 19.9 Å². The fourth-order valence-corrected chi connectivity index (χ4v) is 3.36. The lowest BCUT2D eigenvalue weighted by atomic mass is 10.0. The molecule has 3 rings (SSSR count). The standard InChI is InChI=1S/C21H29N3O3/c1-5-26-16-8-7-15(19(11-16)27-6-2)12-24-10-9-18-17(13-24)21(25)23-20(22-18)14(3)4/h7-8,11,14H,5-6,9-10,12-13H2,1-4H3,(H,22,23,25). The summed E-state index contributed by atoms with van der Waals surface area (Å²) in [6, 6.07) is 5.97. The summed E-state index contributed by atoms with van der Waals surface area (Å²) < 4.78 is 11.4. The van der Waals surface area contributed by atoms with Gasteiger partial charge in [-0.2, -0.15) is 0 Å². The number of nitrogens with zero attached hydrogens (tertiary/aromatic N) is 2. The zero-order chi connectivity index (χ0) is 19.4. The van der Waals surface area contributed by atoms with Gasteiger partial charge in [0.25, 0.3) is 5.56 Å². The zero-order valence-corrected chi connectivity index (χ0v) is 16.7. The third kappa shape index (κ3) is 4.50. The molecule has 6 heteroatoms. The Morgan fingerprint density at radius 2 is 2.00 bits per heavy atom. The fourth-order valence-electron chi connectivity index (χ4n) is 3.36. The van der Waals surface area contributed by atoms with Crippen molar-refractivity contribution < 1.29 is 9.47 Å². The first kappa shape index (κ1) is 19.4. The van der Waals surface area contributed by atoms with Crippen LogP contribution in [0.4, 0.5) is 0 Å². The second kappa shape index (κ2) is 8.57. The molecular formula is C21H29N3O3. The summed E-state index contributed by atoms with van der Waals surface area (Å²) in [5.41, 5.74) is 2.82. The van der Waals surface area contributed by atoms with E-state index in [1.807, 2.05) is 39.8 Å². The van der Waals surface area contributed by atoms with Crippen LogP contribution < -0.4 is 15.0 Å². The van der Waals surface area contributed by atoms with E-state index in [1.165, 1.54) is 0 Å². The summed E-state index contributed by atoms with van der Waals surface area (Å²) in [5, 5.41) is 0. The highest BCUT2D eigenvalue weighted by Crippen LogP contribution is 2.28. The Hall–Kier alpha value is -2.34. The van der Waals surface area contributed by atoms with Crippen molar-refractivity contribution in [3.8, 4) is 11.5 Å². The Bertz CT molecular complexity index is 845. The van der Waals surface area contributed by atoms with Gasteiger partial charge < -0.3 is 14.5 Å². The predicted molar refractivity (Wildman–Crippen MR) is 106 cm³/mol. The van der Waals surface area contributed by atoms with Crippen LogP contribution in [0.3, 0.4) is 0 Å². The Labute approximate surface area is 160 Å². The Morgan fingerprint density at radius 3 is 2.70 bits per heavy atom. The molecule has 27 heavy (non-hydrogen) atoms. The van der Waals surface area contributed by atoms with Crippen molar-refractivity contribution in [1.29, 1.82) is 0 Å². The molecule has 2 heterocycles. The summed E-state index contributed by atoms with van der Waals surface area (Å²) >= 11 is 0. The van der Waals surface area contributed by atoms with Crippen molar-refractivity contribution in [2.24, 2.45) is 0 Å². The molecule has 0 unspecified atom stereocenters. The maximum Gasteiger partial charge on any atom is 0.255 e. The summed E-state index contributed by atoms with van der Waals surface area (Å²) in [5.74, 6) is 2.66. The number of hydrogen-bond acceptors (Lipinski definition) is 5. The van der Waals surface area contributed by atoms with E-state index in [0.29, 0.717) is 19.8 Å². The second-order valence-electron chi connectivity index (χ2n) is 7.13. The average molecular weight is 371 g/mol. The summed E-state index contributed by atoms with van der Waals surface area (Å²) in [4.78, 5) is 22.4. The fraction of sp³-hybridized carbons (Fsp3) is 0.524. The van der Waals surface area contributed by atoms with Gasteiger partial charge in [0.05, 0.1) is 24.5 Å². The smallest absolute Gasteiger partial charge is 0.255 e. The van der Waals surface area contributed by atoms with Crippen LogP contribution in [0.2, 0.25) is 0 Å². The van der Waals surface area contributed by atoms with Crippen LogP contribution in [0.15, 0.2) is 23.0 Å². The molecule has 0 saturated carbocycles. The maximum atomic E-state index is 12.5. The van der Waals surface area contributed by atoms with Gasteiger partial charge in [0.2, 0.25) is 0 Å². The number of fused-ring (bicyclic) bond motifs is 1. The number of rotatable bonds is 7. The van der Waals surface area contributed by atoms with Crippen LogP contribution in [0, 0.1) is 0 Å². The summed E-state index contributed by atoms with van der Waals surface area (Å²) in [6.07, 6.45) is 0.792. The van der Waals surface area contributed by atoms with Gasteiger partial charge in [-0.05, 0) is 19.9 Å². The third-order valence-corrected chi connectivity index (χ3v) is 4.76. The number of nitrogens with one attached hydrogen (secondary N) is 1. The minimum absolute atomic E-state index is 0.00914. The van der Waals surface area contributed by atoms with Crippen LogP contribution in [0.1, 0.15) is 56.3 Å². The first-order chi connectivity index (χ1) is 13.0. The van der Waals surface area contributed by atoms with Crippen LogP contribution >= 0.6 is 0 Å². The highest BCUT2D eigenvalue weighted by atomic mass is 16.5. The van der Waals surface area contributed by atoms with Gasteiger partial charge in [0, 0.05) is 43.6 Å². The SMILES string of the molecule is CCOc1ccc(CN2CCc3nc(C(C)C)[nH]c(=O)c3C2)c(OCC)c1. The van der Waals surface area contributed by atoms with E-state index in [4.69, 9.17) is 9.47 Å². The first-order valence-electron chi connectivity index (χ1n) is 9.74. The number of benzene rings is 1. The van der Waals surface area contributed by atoms with E-state index >= 15 is 0 Å². The number of H-pyrrole nitrogens is 1. The molecule has 0 bridgehead atoms. The van der Waals surface area contributed by atoms with E-state index in [-0.39, 0.29) is 11.5 Å². The molecule has 0 spiro atoms. The molecule has 6 nitrogen and oxygen atoms in total. The van der Waals surface area contributed by atoms with Crippen LogP contribution in [-0.4, -0.2) is 34.6 Å².